The Balaban J connectivity index is 2.51. The summed E-state index contributed by atoms with van der Waals surface area (Å²) in [7, 11) is 0. The molecule has 1 N–H and O–H groups in total. The number of hydrogen-bond donors (Lipinski definition) is 1. The van der Waals surface area contributed by atoms with Crippen molar-refractivity contribution in [3.8, 4) is 5.75 Å². The molecule has 1 aromatic rings. The number of hydrogen-bond acceptors (Lipinski definition) is 3. The summed E-state index contributed by atoms with van der Waals surface area (Å²) < 4.78 is 5.43. The quantitative estimate of drug-likeness (QED) is 0.823. The van der Waals surface area contributed by atoms with Gasteiger partial charge in [-0.25, -0.2) is 4.98 Å². The van der Waals surface area contributed by atoms with Crippen molar-refractivity contribution in [1.29, 1.82) is 0 Å². The molecule has 0 fully saturated rings. The second-order valence-electron chi connectivity index (χ2n) is 4.19. The maximum absolute atomic E-state index is 11.7. The molecule has 0 radical (unpaired) electrons. The molecule has 5 heteroatoms. The molecule has 94 valence electrons. The molecule has 1 unspecified atom stereocenters. The van der Waals surface area contributed by atoms with Gasteiger partial charge in [0.1, 0.15) is 0 Å². The summed E-state index contributed by atoms with van der Waals surface area (Å²) in [6, 6.07) is 3.39. The van der Waals surface area contributed by atoms with Gasteiger partial charge < -0.3 is 10.1 Å². The lowest BCUT2D eigenvalue weighted by atomic mass is 10.2. The Bertz CT molecular complexity index is 383. The first-order valence-corrected chi connectivity index (χ1v) is 5.93. The third-order valence-electron chi connectivity index (χ3n) is 2.08. The maximum atomic E-state index is 11.7. The van der Waals surface area contributed by atoms with Crippen molar-refractivity contribution in [2.24, 2.45) is 5.92 Å². The van der Waals surface area contributed by atoms with Crippen molar-refractivity contribution >= 4 is 17.5 Å². The summed E-state index contributed by atoms with van der Waals surface area (Å²) in [5.41, 5.74) is 0. The van der Waals surface area contributed by atoms with E-state index in [0.29, 0.717) is 18.2 Å². The fraction of sp³-hybridized carbons (Fsp3) is 0.500. The number of ether oxygens (including phenoxy) is 1. The minimum Gasteiger partial charge on any atom is -0.478 e. The summed E-state index contributed by atoms with van der Waals surface area (Å²) >= 11 is 5.83. The summed E-state index contributed by atoms with van der Waals surface area (Å²) in [5, 5.41) is 3.05. The Hall–Kier alpha value is -1.29. The summed E-state index contributed by atoms with van der Waals surface area (Å²) in [4.78, 5) is 15.5. The van der Waals surface area contributed by atoms with Crippen LogP contribution < -0.4 is 10.1 Å². The van der Waals surface area contributed by atoms with Crippen LogP contribution in [0.25, 0.3) is 0 Å². The highest BCUT2D eigenvalue weighted by Gasteiger charge is 2.15. The SMILES string of the molecule is CC(C)CNC(=O)C(C)Oc1cccnc1Cl. The zero-order valence-corrected chi connectivity index (χ0v) is 11.0. The van der Waals surface area contributed by atoms with Crippen LogP contribution in [0.4, 0.5) is 0 Å². The Morgan fingerprint density at radius 1 is 1.53 bits per heavy atom. The van der Waals surface area contributed by atoms with E-state index < -0.39 is 6.10 Å². The highest BCUT2D eigenvalue weighted by Crippen LogP contribution is 2.21. The molecule has 0 saturated carbocycles. The summed E-state index contributed by atoms with van der Waals surface area (Å²) in [6.07, 6.45) is 0.981. The van der Waals surface area contributed by atoms with E-state index in [1.54, 1.807) is 25.3 Å². The third kappa shape index (κ3) is 4.61. The smallest absolute Gasteiger partial charge is 0.260 e. The number of nitrogens with one attached hydrogen (secondary N) is 1. The Labute approximate surface area is 106 Å². The molecule has 17 heavy (non-hydrogen) atoms. The van der Waals surface area contributed by atoms with Crippen LogP contribution in [0.15, 0.2) is 18.3 Å². The first kappa shape index (κ1) is 13.8. The van der Waals surface area contributed by atoms with E-state index in [1.165, 1.54) is 0 Å². The average molecular weight is 257 g/mol. The van der Waals surface area contributed by atoms with Crippen molar-refractivity contribution in [3.05, 3.63) is 23.5 Å². The van der Waals surface area contributed by atoms with Crippen LogP contribution in [-0.2, 0) is 4.79 Å². The Kier molecular flexibility index (Phi) is 5.22. The van der Waals surface area contributed by atoms with Gasteiger partial charge in [0.05, 0.1) is 0 Å². The van der Waals surface area contributed by atoms with Crippen molar-refractivity contribution in [1.82, 2.24) is 10.3 Å². The highest BCUT2D eigenvalue weighted by atomic mass is 35.5. The fourth-order valence-corrected chi connectivity index (χ4v) is 1.32. The molecule has 0 spiro atoms. The molecule has 1 atom stereocenters. The molecule has 0 aromatic carbocycles. The predicted molar refractivity (Wildman–Crippen MR) is 67.2 cm³/mol. The molecular formula is C12H17ClN2O2. The molecular weight excluding hydrogens is 240 g/mol. The first-order valence-electron chi connectivity index (χ1n) is 5.55. The maximum Gasteiger partial charge on any atom is 0.260 e. The van der Waals surface area contributed by atoms with Crippen molar-refractivity contribution in [2.75, 3.05) is 6.54 Å². The van der Waals surface area contributed by atoms with E-state index in [4.69, 9.17) is 16.3 Å². The van der Waals surface area contributed by atoms with E-state index in [-0.39, 0.29) is 11.1 Å². The van der Waals surface area contributed by atoms with E-state index in [9.17, 15) is 4.79 Å². The van der Waals surface area contributed by atoms with Crippen LogP contribution in [0, 0.1) is 5.92 Å². The average Bonchev–Trinajstić information content (AvgIpc) is 2.28. The fourth-order valence-electron chi connectivity index (χ4n) is 1.15. The van der Waals surface area contributed by atoms with E-state index in [0.717, 1.165) is 0 Å². The monoisotopic (exact) mass is 256 g/mol. The van der Waals surface area contributed by atoms with Gasteiger partial charge in [-0.15, -0.1) is 0 Å². The topological polar surface area (TPSA) is 51.2 Å². The van der Waals surface area contributed by atoms with Crippen molar-refractivity contribution in [3.63, 3.8) is 0 Å². The van der Waals surface area contributed by atoms with Gasteiger partial charge in [-0.05, 0) is 25.0 Å². The standard InChI is InChI=1S/C12H17ClN2O2/c1-8(2)7-15-12(16)9(3)17-10-5-4-6-14-11(10)13/h4-6,8-9H,7H2,1-3H3,(H,15,16). The summed E-state index contributed by atoms with van der Waals surface area (Å²) in [6.45, 7) is 6.37. The van der Waals surface area contributed by atoms with Gasteiger partial charge >= 0.3 is 0 Å². The number of carbonyl (C=O) groups is 1. The lowest BCUT2D eigenvalue weighted by Crippen LogP contribution is -2.38. The van der Waals surface area contributed by atoms with E-state index in [2.05, 4.69) is 10.3 Å². The molecule has 0 aliphatic heterocycles. The second-order valence-corrected chi connectivity index (χ2v) is 4.55. The molecule has 0 aliphatic rings. The molecule has 4 nitrogen and oxygen atoms in total. The van der Waals surface area contributed by atoms with Crippen LogP contribution in [0.1, 0.15) is 20.8 Å². The van der Waals surface area contributed by atoms with Crippen LogP contribution in [0.5, 0.6) is 5.75 Å². The van der Waals surface area contributed by atoms with Crippen molar-refractivity contribution < 1.29 is 9.53 Å². The van der Waals surface area contributed by atoms with E-state index >= 15 is 0 Å². The molecule has 1 rings (SSSR count). The number of aromatic nitrogens is 1. The molecule has 1 aromatic heterocycles. The lowest BCUT2D eigenvalue weighted by molar-refractivity contribution is -0.127. The third-order valence-corrected chi connectivity index (χ3v) is 2.37. The van der Waals surface area contributed by atoms with Gasteiger partial charge in [0.2, 0.25) is 0 Å². The lowest BCUT2D eigenvalue weighted by Gasteiger charge is -2.15. The van der Waals surface area contributed by atoms with Gasteiger partial charge in [-0.2, -0.15) is 0 Å². The second kappa shape index (κ2) is 6.45. The molecule has 0 bridgehead atoms. The van der Waals surface area contributed by atoms with Gasteiger partial charge in [-0.3, -0.25) is 4.79 Å². The Morgan fingerprint density at radius 3 is 2.82 bits per heavy atom. The van der Waals surface area contributed by atoms with Crippen LogP contribution in [-0.4, -0.2) is 23.5 Å². The zero-order valence-electron chi connectivity index (χ0n) is 10.2. The van der Waals surface area contributed by atoms with Gasteiger partial charge in [0.25, 0.3) is 5.91 Å². The van der Waals surface area contributed by atoms with Crippen LogP contribution in [0.2, 0.25) is 5.15 Å². The Morgan fingerprint density at radius 2 is 2.24 bits per heavy atom. The largest absolute Gasteiger partial charge is 0.478 e. The number of rotatable bonds is 5. The van der Waals surface area contributed by atoms with Crippen LogP contribution in [0.3, 0.4) is 0 Å². The minimum atomic E-state index is -0.588. The highest BCUT2D eigenvalue weighted by molar-refractivity contribution is 6.30. The number of pyridine rings is 1. The van der Waals surface area contributed by atoms with Crippen molar-refractivity contribution in [2.45, 2.75) is 26.9 Å². The minimum absolute atomic E-state index is 0.154. The molecule has 1 amide bonds. The van der Waals surface area contributed by atoms with Gasteiger partial charge in [-0.1, -0.05) is 25.4 Å². The van der Waals surface area contributed by atoms with E-state index in [1.807, 2.05) is 13.8 Å². The number of amides is 1. The normalized spacial score (nSPS) is 12.3. The van der Waals surface area contributed by atoms with Gasteiger partial charge in [0.15, 0.2) is 17.0 Å². The van der Waals surface area contributed by atoms with Crippen LogP contribution >= 0.6 is 11.6 Å². The number of halogens is 1. The molecule has 0 saturated heterocycles. The first-order chi connectivity index (χ1) is 8.00. The summed E-state index contributed by atoms with van der Waals surface area (Å²) in [5.74, 6) is 0.674. The molecule has 1 heterocycles. The molecule has 0 aliphatic carbocycles. The number of nitrogens with zero attached hydrogens (tertiary/aromatic N) is 1. The predicted octanol–water partition coefficient (Wildman–Crippen LogP) is 2.27. The zero-order chi connectivity index (χ0) is 12.8. The number of carbonyl (C=O) groups excluding carboxylic acids is 1. The van der Waals surface area contributed by atoms with Gasteiger partial charge in [0, 0.05) is 12.7 Å².